The zero-order valence-electron chi connectivity index (χ0n) is 14.9. The molecule has 0 aliphatic rings. The molecule has 4 nitrogen and oxygen atoms in total. The topological polar surface area (TPSA) is 53.6 Å². The third-order valence-electron chi connectivity index (χ3n) is 3.70. The highest BCUT2D eigenvalue weighted by Crippen LogP contribution is 2.09. The van der Waals surface area contributed by atoms with Gasteiger partial charge in [-0.05, 0) is 32.0 Å². The fraction of sp³-hybridized carbons (Fsp3) is 0.350. The number of hydrogen-bond acceptors (Lipinski definition) is 2. The molecule has 0 saturated carbocycles. The second-order valence-electron chi connectivity index (χ2n) is 6.85. The third-order valence-corrected chi connectivity index (χ3v) is 3.70. The zero-order chi connectivity index (χ0) is 17.4. The fourth-order valence-corrected chi connectivity index (χ4v) is 2.81. The second kappa shape index (κ2) is 8.50. The number of nitrogens with two attached hydrogens (primary N) is 1. The largest absolute Gasteiger partial charge is 0.370 e. The summed E-state index contributed by atoms with van der Waals surface area (Å²) < 4.78 is 0. The average molecular weight is 324 g/mol. The Bertz CT molecular complexity index is 635. The number of rotatable bonds is 7. The number of hydrogen-bond donors (Lipinski definition) is 2. The normalized spacial score (nSPS) is 12.4. The Kier molecular flexibility index (Phi) is 6.38. The van der Waals surface area contributed by atoms with Crippen molar-refractivity contribution in [2.24, 2.45) is 10.7 Å². The maximum atomic E-state index is 6.06. The highest BCUT2D eigenvalue weighted by atomic mass is 15.2. The molecule has 0 aliphatic carbocycles. The molecule has 0 spiro atoms. The molecule has 0 amide bonds. The average Bonchev–Trinajstić information content (AvgIpc) is 2.53. The number of likely N-dealkylation sites (N-methyl/N-ethyl adjacent to an activating group) is 1. The van der Waals surface area contributed by atoms with E-state index in [-0.39, 0.29) is 5.54 Å². The maximum Gasteiger partial charge on any atom is 0.189 e. The number of nitrogens with zero attached hydrogens (tertiary/aromatic N) is 2. The second-order valence-corrected chi connectivity index (χ2v) is 6.85. The molecule has 2 aromatic rings. The SMILES string of the molecule is CN(Cc1ccccc1)CC(C)(C)NC(N)=NCc1ccccc1. The maximum absolute atomic E-state index is 6.06. The van der Waals surface area contributed by atoms with Crippen LogP contribution in [-0.2, 0) is 13.1 Å². The Morgan fingerprint density at radius 2 is 1.54 bits per heavy atom. The van der Waals surface area contributed by atoms with Crippen LogP contribution < -0.4 is 11.1 Å². The molecule has 0 aromatic heterocycles. The number of aliphatic imine (C=N–C) groups is 1. The Hall–Kier alpha value is -2.33. The van der Waals surface area contributed by atoms with E-state index in [1.165, 1.54) is 5.56 Å². The van der Waals surface area contributed by atoms with Crippen molar-refractivity contribution in [3.05, 3.63) is 71.8 Å². The van der Waals surface area contributed by atoms with Gasteiger partial charge in [-0.15, -0.1) is 0 Å². The van der Waals surface area contributed by atoms with Gasteiger partial charge in [-0.1, -0.05) is 60.7 Å². The van der Waals surface area contributed by atoms with Gasteiger partial charge in [0, 0.05) is 18.6 Å². The van der Waals surface area contributed by atoms with E-state index < -0.39 is 0 Å². The molecule has 0 heterocycles. The lowest BCUT2D eigenvalue weighted by Gasteiger charge is -2.31. The molecule has 0 bridgehead atoms. The van der Waals surface area contributed by atoms with Gasteiger partial charge >= 0.3 is 0 Å². The van der Waals surface area contributed by atoms with Crippen molar-refractivity contribution < 1.29 is 0 Å². The monoisotopic (exact) mass is 324 g/mol. The van der Waals surface area contributed by atoms with Crippen molar-refractivity contribution in [3.63, 3.8) is 0 Å². The van der Waals surface area contributed by atoms with Crippen molar-refractivity contribution in [1.82, 2.24) is 10.2 Å². The Morgan fingerprint density at radius 3 is 2.12 bits per heavy atom. The number of benzene rings is 2. The molecule has 24 heavy (non-hydrogen) atoms. The predicted molar refractivity (Wildman–Crippen MR) is 102 cm³/mol. The van der Waals surface area contributed by atoms with E-state index in [1.54, 1.807) is 0 Å². The Balaban J connectivity index is 1.85. The molecular formula is C20H28N4. The molecule has 0 unspecified atom stereocenters. The van der Waals surface area contributed by atoms with Crippen LogP contribution in [0.5, 0.6) is 0 Å². The van der Waals surface area contributed by atoms with Crippen LogP contribution in [0.4, 0.5) is 0 Å². The van der Waals surface area contributed by atoms with E-state index in [0.717, 1.165) is 18.7 Å². The molecule has 0 aliphatic heterocycles. The van der Waals surface area contributed by atoms with Crippen molar-refractivity contribution in [1.29, 1.82) is 0 Å². The van der Waals surface area contributed by atoms with Crippen LogP contribution >= 0.6 is 0 Å². The van der Waals surface area contributed by atoms with E-state index in [9.17, 15) is 0 Å². The van der Waals surface area contributed by atoms with Gasteiger partial charge in [0.25, 0.3) is 0 Å². The van der Waals surface area contributed by atoms with Gasteiger partial charge in [0.2, 0.25) is 0 Å². The molecule has 3 N–H and O–H groups in total. The summed E-state index contributed by atoms with van der Waals surface area (Å²) in [5, 5.41) is 3.33. The smallest absolute Gasteiger partial charge is 0.189 e. The molecule has 2 rings (SSSR count). The van der Waals surface area contributed by atoms with Crippen LogP contribution in [0, 0.1) is 0 Å². The quantitative estimate of drug-likeness (QED) is 0.608. The lowest BCUT2D eigenvalue weighted by atomic mass is 10.0. The lowest BCUT2D eigenvalue weighted by Crippen LogP contribution is -2.53. The summed E-state index contributed by atoms with van der Waals surface area (Å²) in [6, 6.07) is 20.6. The predicted octanol–water partition coefficient (Wildman–Crippen LogP) is 3.00. The molecule has 4 heteroatoms. The molecule has 128 valence electrons. The molecule has 0 saturated heterocycles. The minimum atomic E-state index is -0.159. The van der Waals surface area contributed by atoms with Crippen molar-refractivity contribution in [3.8, 4) is 0 Å². The Morgan fingerprint density at radius 1 is 1.00 bits per heavy atom. The lowest BCUT2D eigenvalue weighted by molar-refractivity contribution is 0.248. The number of guanidine groups is 1. The number of nitrogens with one attached hydrogen (secondary N) is 1. The van der Waals surface area contributed by atoms with Crippen LogP contribution in [0.3, 0.4) is 0 Å². The van der Waals surface area contributed by atoms with Gasteiger partial charge < -0.3 is 11.1 Å². The van der Waals surface area contributed by atoms with E-state index >= 15 is 0 Å². The van der Waals surface area contributed by atoms with Gasteiger partial charge in [-0.25, -0.2) is 4.99 Å². The first kappa shape index (κ1) is 18.0. The van der Waals surface area contributed by atoms with E-state index in [4.69, 9.17) is 5.73 Å². The first-order valence-corrected chi connectivity index (χ1v) is 8.29. The van der Waals surface area contributed by atoms with Gasteiger partial charge in [0.1, 0.15) is 0 Å². The molecule has 0 atom stereocenters. The van der Waals surface area contributed by atoms with Gasteiger partial charge in [-0.3, -0.25) is 4.90 Å². The van der Waals surface area contributed by atoms with Crippen molar-refractivity contribution in [2.45, 2.75) is 32.5 Å². The van der Waals surface area contributed by atoms with Gasteiger partial charge in [0.15, 0.2) is 5.96 Å². The summed E-state index contributed by atoms with van der Waals surface area (Å²) >= 11 is 0. The summed E-state index contributed by atoms with van der Waals surface area (Å²) in [5.74, 6) is 0.483. The van der Waals surface area contributed by atoms with Gasteiger partial charge in [-0.2, -0.15) is 0 Å². The summed E-state index contributed by atoms with van der Waals surface area (Å²) in [6.07, 6.45) is 0. The zero-order valence-corrected chi connectivity index (χ0v) is 14.9. The minimum absolute atomic E-state index is 0.159. The van der Waals surface area contributed by atoms with E-state index in [0.29, 0.717) is 12.5 Å². The minimum Gasteiger partial charge on any atom is -0.370 e. The van der Waals surface area contributed by atoms with Crippen molar-refractivity contribution in [2.75, 3.05) is 13.6 Å². The first-order chi connectivity index (χ1) is 11.4. The van der Waals surface area contributed by atoms with Crippen LogP contribution in [0.1, 0.15) is 25.0 Å². The van der Waals surface area contributed by atoms with Crippen LogP contribution in [0.15, 0.2) is 65.7 Å². The van der Waals surface area contributed by atoms with Gasteiger partial charge in [0.05, 0.1) is 6.54 Å². The standard InChI is InChI=1S/C20H28N4/c1-20(2,16-24(3)15-18-12-8-5-9-13-18)23-19(21)22-14-17-10-6-4-7-11-17/h4-13H,14-16H2,1-3H3,(H3,21,22,23). The van der Waals surface area contributed by atoms with E-state index in [2.05, 4.69) is 72.5 Å². The van der Waals surface area contributed by atoms with Crippen molar-refractivity contribution >= 4 is 5.96 Å². The fourth-order valence-electron chi connectivity index (χ4n) is 2.81. The summed E-state index contributed by atoms with van der Waals surface area (Å²) in [5.41, 5.74) is 8.36. The van der Waals surface area contributed by atoms with E-state index in [1.807, 2.05) is 24.3 Å². The Labute approximate surface area is 145 Å². The van der Waals surface area contributed by atoms with Crippen LogP contribution in [0.25, 0.3) is 0 Å². The summed E-state index contributed by atoms with van der Waals surface area (Å²) in [6.45, 7) is 6.64. The van der Waals surface area contributed by atoms with Crippen LogP contribution in [0.2, 0.25) is 0 Å². The first-order valence-electron chi connectivity index (χ1n) is 8.29. The molecule has 2 aromatic carbocycles. The molecular weight excluding hydrogens is 296 g/mol. The molecule has 0 radical (unpaired) electrons. The highest BCUT2D eigenvalue weighted by Gasteiger charge is 2.20. The third kappa shape index (κ3) is 6.42. The summed E-state index contributed by atoms with van der Waals surface area (Å²) in [7, 11) is 2.12. The highest BCUT2D eigenvalue weighted by molar-refractivity contribution is 5.78. The van der Waals surface area contributed by atoms with Crippen LogP contribution in [-0.4, -0.2) is 30.0 Å². The molecule has 0 fully saturated rings. The summed E-state index contributed by atoms with van der Waals surface area (Å²) in [4.78, 5) is 6.72.